The molecule has 0 heterocycles. The van der Waals surface area contributed by atoms with Crippen molar-refractivity contribution in [3.63, 3.8) is 0 Å². The van der Waals surface area contributed by atoms with Crippen molar-refractivity contribution < 1.29 is 15.0 Å². The number of hydrogen-bond acceptors (Lipinski definition) is 4. The van der Waals surface area contributed by atoms with Gasteiger partial charge in [0.1, 0.15) is 0 Å². The van der Waals surface area contributed by atoms with Gasteiger partial charge in [0.2, 0.25) is 0 Å². The van der Waals surface area contributed by atoms with Gasteiger partial charge in [-0.1, -0.05) is 0 Å². The van der Waals surface area contributed by atoms with Crippen LogP contribution in [0.15, 0.2) is 18.2 Å². The predicted molar refractivity (Wildman–Crippen MR) is 59.6 cm³/mol. The predicted octanol–water partition coefficient (Wildman–Crippen LogP) is 0.695. The van der Waals surface area contributed by atoms with Crippen LogP contribution in [0.25, 0.3) is 0 Å². The Morgan fingerprint density at radius 3 is 2.64 bits per heavy atom. The number of carboxylic acid groups (broad SMARTS) is 1. The molecule has 1 atom stereocenters. The largest absolute Gasteiger partial charge is 0.479 e. The van der Waals surface area contributed by atoms with Gasteiger partial charge in [-0.25, -0.2) is 4.79 Å². The Labute approximate surface area is 94.0 Å². The van der Waals surface area contributed by atoms with E-state index in [4.69, 9.17) is 10.9 Å². The third kappa shape index (κ3) is 2.56. The second-order valence-electron chi connectivity index (χ2n) is 2.66. The molecule has 0 amide bonds. The molecule has 76 valence electrons. The molecular weight excluding hydrogens is 299 g/mol. The summed E-state index contributed by atoms with van der Waals surface area (Å²) in [5, 5.41) is 17.9. The molecule has 0 radical (unpaired) electrons. The Hall–Kier alpha value is -0.860. The fourth-order valence-electron chi connectivity index (χ4n) is 0.996. The lowest BCUT2D eigenvalue weighted by molar-refractivity contribution is -0.146. The highest BCUT2D eigenvalue weighted by Crippen LogP contribution is 2.21. The number of benzene rings is 1. The van der Waals surface area contributed by atoms with E-state index in [1.54, 1.807) is 12.1 Å². The van der Waals surface area contributed by atoms with Crippen molar-refractivity contribution >= 4 is 34.2 Å². The SMILES string of the molecule is NNc1cc(I)cc(C(O)C(=O)O)c1. The summed E-state index contributed by atoms with van der Waals surface area (Å²) in [6.45, 7) is 0. The number of aliphatic hydroxyl groups is 1. The van der Waals surface area contributed by atoms with Crippen molar-refractivity contribution in [3.05, 3.63) is 27.3 Å². The van der Waals surface area contributed by atoms with Gasteiger partial charge in [-0.05, 0) is 46.4 Å². The summed E-state index contributed by atoms with van der Waals surface area (Å²) >= 11 is 2.01. The normalized spacial score (nSPS) is 12.2. The zero-order valence-corrected chi connectivity index (χ0v) is 9.22. The maximum absolute atomic E-state index is 10.5. The van der Waals surface area contributed by atoms with E-state index >= 15 is 0 Å². The van der Waals surface area contributed by atoms with Crippen molar-refractivity contribution in [1.82, 2.24) is 0 Å². The van der Waals surface area contributed by atoms with Gasteiger partial charge in [0.05, 0.1) is 0 Å². The van der Waals surface area contributed by atoms with Gasteiger partial charge in [-0.15, -0.1) is 0 Å². The van der Waals surface area contributed by atoms with Crippen molar-refractivity contribution in [2.45, 2.75) is 6.10 Å². The quantitative estimate of drug-likeness (QED) is 0.374. The third-order valence-corrected chi connectivity index (χ3v) is 2.26. The van der Waals surface area contributed by atoms with E-state index in [0.29, 0.717) is 11.3 Å². The molecule has 0 saturated carbocycles. The molecule has 0 aliphatic carbocycles. The Morgan fingerprint density at radius 2 is 2.14 bits per heavy atom. The molecule has 0 aromatic heterocycles. The van der Waals surface area contributed by atoms with Crippen molar-refractivity contribution in [2.75, 3.05) is 5.43 Å². The minimum absolute atomic E-state index is 0.303. The smallest absolute Gasteiger partial charge is 0.337 e. The number of halogens is 1. The standard InChI is InChI=1S/C8H9IN2O3/c9-5-1-4(7(12)8(13)14)2-6(3-5)11-10/h1-3,7,11-12H,10H2,(H,13,14). The van der Waals surface area contributed by atoms with E-state index in [1.165, 1.54) is 6.07 Å². The summed E-state index contributed by atoms with van der Waals surface area (Å²) in [6.07, 6.45) is -1.52. The minimum Gasteiger partial charge on any atom is -0.479 e. The highest BCUT2D eigenvalue weighted by Gasteiger charge is 2.16. The summed E-state index contributed by atoms with van der Waals surface area (Å²) < 4.78 is 0.799. The maximum Gasteiger partial charge on any atom is 0.337 e. The molecule has 0 bridgehead atoms. The Morgan fingerprint density at radius 1 is 1.50 bits per heavy atom. The van der Waals surface area contributed by atoms with Crippen molar-refractivity contribution in [1.29, 1.82) is 0 Å². The summed E-state index contributed by atoms with van der Waals surface area (Å²) in [7, 11) is 0. The number of anilines is 1. The summed E-state index contributed by atoms with van der Waals surface area (Å²) in [5.41, 5.74) is 3.26. The fraction of sp³-hybridized carbons (Fsp3) is 0.125. The van der Waals surface area contributed by atoms with E-state index < -0.39 is 12.1 Å². The molecular formula is C8H9IN2O3. The lowest BCUT2D eigenvalue weighted by Gasteiger charge is -2.08. The number of nitrogens with one attached hydrogen (secondary N) is 1. The van der Waals surface area contributed by atoms with Crippen molar-refractivity contribution in [3.8, 4) is 0 Å². The maximum atomic E-state index is 10.5. The molecule has 0 aliphatic rings. The first-order valence-electron chi connectivity index (χ1n) is 3.72. The number of rotatable bonds is 3. The first kappa shape index (κ1) is 11.2. The summed E-state index contributed by atoms with van der Waals surface area (Å²) in [5.74, 6) is 3.90. The Bertz CT molecular complexity index is 356. The Balaban J connectivity index is 3.08. The van der Waals surface area contributed by atoms with Gasteiger partial charge in [-0.3, -0.25) is 5.84 Å². The summed E-state index contributed by atoms with van der Waals surface area (Å²) in [6, 6.07) is 4.81. The molecule has 0 fully saturated rings. The van der Waals surface area contributed by atoms with Gasteiger partial charge < -0.3 is 15.6 Å². The van der Waals surface area contributed by atoms with Crippen LogP contribution in [0.1, 0.15) is 11.7 Å². The molecule has 6 heteroatoms. The number of nitrogen functional groups attached to an aromatic ring is 1. The van der Waals surface area contributed by atoms with Crippen LogP contribution < -0.4 is 11.3 Å². The van der Waals surface area contributed by atoms with Crippen LogP contribution in [0.3, 0.4) is 0 Å². The van der Waals surface area contributed by atoms with E-state index in [9.17, 15) is 9.90 Å². The molecule has 5 N–H and O–H groups in total. The zero-order valence-electron chi connectivity index (χ0n) is 7.07. The Kier molecular flexibility index (Phi) is 3.67. The zero-order chi connectivity index (χ0) is 10.7. The second-order valence-corrected chi connectivity index (χ2v) is 3.90. The van der Waals surface area contributed by atoms with Gasteiger partial charge in [0.25, 0.3) is 0 Å². The second kappa shape index (κ2) is 4.58. The molecule has 0 saturated heterocycles. The molecule has 0 aliphatic heterocycles. The number of hydrogen-bond donors (Lipinski definition) is 4. The van der Waals surface area contributed by atoms with Gasteiger partial charge >= 0.3 is 5.97 Å². The van der Waals surface area contributed by atoms with Crippen LogP contribution in [-0.4, -0.2) is 16.2 Å². The van der Waals surface area contributed by atoms with Gasteiger partial charge in [-0.2, -0.15) is 0 Å². The first-order chi connectivity index (χ1) is 6.54. The third-order valence-electron chi connectivity index (χ3n) is 1.64. The highest BCUT2D eigenvalue weighted by molar-refractivity contribution is 14.1. The van der Waals surface area contributed by atoms with Crippen LogP contribution in [0.5, 0.6) is 0 Å². The molecule has 1 aromatic rings. The van der Waals surface area contributed by atoms with Gasteiger partial charge in [0.15, 0.2) is 6.10 Å². The lowest BCUT2D eigenvalue weighted by atomic mass is 10.1. The number of aliphatic carboxylic acids is 1. The minimum atomic E-state index is -1.52. The molecule has 0 spiro atoms. The van der Waals surface area contributed by atoms with Crippen LogP contribution >= 0.6 is 22.6 Å². The lowest BCUT2D eigenvalue weighted by Crippen LogP contribution is -2.12. The van der Waals surface area contributed by atoms with Crippen LogP contribution in [0.2, 0.25) is 0 Å². The van der Waals surface area contributed by atoms with Crippen molar-refractivity contribution in [2.24, 2.45) is 5.84 Å². The molecule has 1 aromatic carbocycles. The molecule has 1 rings (SSSR count). The average Bonchev–Trinajstić information content (AvgIpc) is 2.15. The van der Waals surface area contributed by atoms with Gasteiger partial charge in [0, 0.05) is 9.26 Å². The van der Waals surface area contributed by atoms with E-state index in [-0.39, 0.29) is 0 Å². The van der Waals surface area contributed by atoms with Crippen LogP contribution in [0.4, 0.5) is 5.69 Å². The summed E-state index contributed by atoms with van der Waals surface area (Å²) in [4.78, 5) is 10.5. The molecule has 1 unspecified atom stereocenters. The average molecular weight is 308 g/mol. The number of carbonyl (C=O) groups is 1. The first-order valence-corrected chi connectivity index (χ1v) is 4.80. The van der Waals surface area contributed by atoms with E-state index in [1.807, 2.05) is 22.6 Å². The van der Waals surface area contributed by atoms with Crippen LogP contribution in [-0.2, 0) is 4.79 Å². The van der Waals surface area contributed by atoms with E-state index in [2.05, 4.69) is 5.43 Å². The van der Waals surface area contributed by atoms with E-state index in [0.717, 1.165) is 3.57 Å². The molecule has 14 heavy (non-hydrogen) atoms. The number of aliphatic hydroxyl groups excluding tert-OH is 1. The highest BCUT2D eigenvalue weighted by atomic mass is 127. The number of nitrogens with two attached hydrogens (primary N) is 1. The number of hydrazine groups is 1. The topological polar surface area (TPSA) is 95.6 Å². The number of carboxylic acids is 1. The monoisotopic (exact) mass is 308 g/mol. The van der Waals surface area contributed by atoms with Crippen LogP contribution in [0, 0.1) is 3.57 Å². The fourth-order valence-corrected chi connectivity index (χ4v) is 1.69. The molecule has 5 nitrogen and oxygen atoms in total.